The smallest absolute Gasteiger partial charge is 0.254 e. The number of para-hydroxylation sites is 1. The highest BCUT2D eigenvalue weighted by Crippen LogP contribution is 2.34. The van der Waals surface area contributed by atoms with Crippen LogP contribution in [0.1, 0.15) is 34.7 Å². The second-order valence-corrected chi connectivity index (χ2v) is 6.41. The van der Waals surface area contributed by atoms with Crippen LogP contribution in [-0.4, -0.2) is 45.2 Å². The number of nitrogens with zero attached hydrogens (tertiary/aromatic N) is 1. The summed E-state index contributed by atoms with van der Waals surface area (Å²) in [6.07, 6.45) is 1.85. The summed E-state index contributed by atoms with van der Waals surface area (Å²) in [7, 11) is 4.87. The summed E-state index contributed by atoms with van der Waals surface area (Å²) in [5.74, 6) is 2.60. The van der Waals surface area contributed by atoms with Gasteiger partial charge in [0.15, 0.2) is 0 Å². The molecule has 1 saturated heterocycles. The van der Waals surface area contributed by atoms with Crippen molar-refractivity contribution in [3.63, 3.8) is 0 Å². The van der Waals surface area contributed by atoms with E-state index in [1.807, 2.05) is 23.1 Å². The van der Waals surface area contributed by atoms with Gasteiger partial charge in [0.25, 0.3) is 5.91 Å². The van der Waals surface area contributed by atoms with E-state index < -0.39 is 0 Å². The Labute approximate surface area is 154 Å². The normalized spacial score (nSPS) is 14.8. The number of carbonyl (C=O) groups excluding carboxylic acids is 1. The molecule has 0 radical (unpaired) electrons. The molecule has 0 aliphatic carbocycles. The molecule has 0 unspecified atom stereocenters. The van der Waals surface area contributed by atoms with Crippen molar-refractivity contribution in [1.82, 2.24) is 4.90 Å². The first kappa shape index (κ1) is 18.1. The third-order valence-electron chi connectivity index (χ3n) is 4.96. The van der Waals surface area contributed by atoms with Gasteiger partial charge in [-0.05, 0) is 42.5 Å². The molecule has 138 valence electrons. The molecule has 1 amide bonds. The minimum absolute atomic E-state index is 0.0145. The highest BCUT2D eigenvalue weighted by Gasteiger charge is 2.26. The zero-order valence-corrected chi connectivity index (χ0v) is 15.5. The van der Waals surface area contributed by atoms with Crippen molar-refractivity contribution in [2.45, 2.75) is 18.8 Å². The Hall–Kier alpha value is -2.69. The lowest BCUT2D eigenvalue weighted by Crippen LogP contribution is -2.38. The van der Waals surface area contributed by atoms with Gasteiger partial charge in [-0.15, -0.1) is 0 Å². The molecule has 0 saturated carbocycles. The van der Waals surface area contributed by atoms with Gasteiger partial charge in [-0.25, -0.2) is 0 Å². The standard InChI is InChI=1S/C21H25NO4/c1-24-17-12-16(13-18(14-17)25-2)21(23)22-10-8-15(9-11-22)19-6-4-5-7-20(19)26-3/h4-7,12-15H,8-11H2,1-3H3. The average molecular weight is 355 g/mol. The number of amides is 1. The first-order valence-corrected chi connectivity index (χ1v) is 8.81. The molecule has 2 aromatic rings. The van der Waals surface area contributed by atoms with E-state index in [9.17, 15) is 4.79 Å². The van der Waals surface area contributed by atoms with E-state index in [4.69, 9.17) is 14.2 Å². The number of benzene rings is 2. The molecule has 1 fully saturated rings. The molecule has 26 heavy (non-hydrogen) atoms. The predicted octanol–water partition coefficient (Wildman–Crippen LogP) is 3.73. The van der Waals surface area contributed by atoms with E-state index in [-0.39, 0.29) is 5.91 Å². The predicted molar refractivity (Wildman–Crippen MR) is 100 cm³/mol. The number of hydrogen-bond donors (Lipinski definition) is 0. The van der Waals surface area contributed by atoms with Gasteiger partial charge in [0.2, 0.25) is 0 Å². The number of piperidine rings is 1. The van der Waals surface area contributed by atoms with Crippen LogP contribution in [0.15, 0.2) is 42.5 Å². The van der Waals surface area contributed by atoms with Gasteiger partial charge in [-0.2, -0.15) is 0 Å². The lowest BCUT2D eigenvalue weighted by molar-refractivity contribution is 0.0712. The summed E-state index contributed by atoms with van der Waals surface area (Å²) in [5.41, 5.74) is 1.82. The summed E-state index contributed by atoms with van der Waals surface area (Å²) in [5, 5.41) is 0. The number of hydrogen-bond acceptors (Lipinski definition) is 4. The second kappa shape index (κ2) is 8.13. The Bertz CT molecular complexity index is 744. The van der Waals surface area contributed by atoms with Crippen molar-refractivity contribution in [1.29, 1.82) is 0 Å². The summed E-state index contributed by atoms with van der Waals surface area (Å²) in [6, 6.07) is 13.4. The number of likely N-dealkylation sites (tertiary alicyclic amines) is 1. The zero-order chi connectivity index (χ0) is 18.5. The average Bonchev–Trinajstić information content (AvgIpc) is 2.72. The minimum Gasteiger partial charge on any atom is -0.497 e. The van der Waals surface area contributed by atoms with E-state index in [2.05, 4.69) is 6.07 Å². The molecule has 1 aliphatic rings. The van der Waals surface area contributed by atoms with Crippen molar-refractivity contribution < 1.29 is 19.0 Å². The van der Waals surface area contributed by atoms with Gasteiger partial charge in [0.1, 0.15) is 17.2 Å². The van der Waals surface area contributed by atoms with Crippen LogP contribution in [-0.2, 0) is 0 Å². The van der Waals surface area contributed by atoms with E-state index in [1.165, 1.54) is 5.56 Å². The van der Waals surface area contributed by atoms with Crippen LogP contribution in [0.4, 0.5) is 0 Å². The third kappa shape index (κ3) is 3.77. The largest absolute Gasteiger partial charge is 0.497 e. The van der Waals surface area contributed by atoms with Crippen LogP contribution < -0.4 is 14.2 Å². The van der Waals surface area contributed by atoms with Crippen LogP contribution in [0.5, 0.6) is 17.2 Å². The molecular weight excluding hydrogens is 330 g/mol. The van der Waals surface area contributed by atoms with Crippen molar-refractivity contribution >= 4 is 5.91 Å². The van der Waals surface area contributed by atoms with Crippen molar-refractivity contribution in [3.05, 3.63) is 53.6 Å². The Balaban J connectivity index is 1.71. The molecule has 0 atom stereocenters. The van der Waals surface area contributed by atoms with E-state index in [0.29, 0.717) is 23.0 Å². The number of ether oxygens (including phenoxy) is 3. The monoisotopic (exact) mass is 355 g/mol. The molecule has 2 aromatic carbocycles. The molecular formula is C21H25NO4. The molecule has 0 bridgehead atoms. The molecule has 3 rings (SSSR count). The quantitative estimate of drug-likeness (QED) is 0.820. The molecule has 5 nitrogen and oxygen atoms in total. The number of methoxy groups -OCH3 is 3. The van der Waals surface area contributed by atoms with Crippen molar-refractivity contribution in [2.24, 2.45) is 0 Å². The molecule has 0 N–H and O–H groups in total. The Morgan fingerprint density at radius 1 is 0.923 bits per heavy atom. The van der Waals surface area contributed by atoms with Gasteiger partial charge in [-0.1, -0.05) is 18.2 Å². The highest BCUT2D eigenvalue weighted by atomic mass is 16.5. The van der Waals surface area contributed by atoms with E-state index in [1.54, 1.807) is 39.5 Å². The van der Waals surface area contributed by atoms with Gasteiger partial charge < -0.3 is 19.1 Å². The van der Waals surface area contributed by atoms with Crippen molar-refractivity contribution in [3.8, 4) is 17.2 Å². The van der Waals surface area contributed by atoms with Crippen LogP contribution in [0.25, 0.3) is 0 Å². The van der Waals surface area contributed by atoms with Crippen LogP contribution in [0.3, 0.4) is 0 Å². The van der Waals surface area contributed by atoms with Crippen LogP contribution >= 0.6 is 0 Å². The molecule has 1 heterocycles. The number of rotatable bonds is 5. The Morgan fingerprint density at radius 2 is 1.54 bits per heavy atom. The van der Waals surface area contributed by atoms with E-state index in [0.717, 1.165) is 31.7 Å². The lowest BCUT2D eigenvalue weighted by Gasteiger charge is -2.33. The summed E-state index contributed by atoms with van der Waals surface area (Å²) in [4.78, 5) is 14.8. The fourth-order valence-electron chi connectivity index (χ4n) is 3.51. The molecule has 0 spiro atoms. The summed E-state index contributed by atoms with van der Waals surface area (Å²) in [6.45, 7) is 1.45. The van der Waals surface area contributed by atoms with Crippen molar-refractivity contribution in [2.75, 3.05) is 34.4 Å². The zero-order valence-electron chi connectivity index (χ0n) is 15.5. The molecule has 1 aliphatic heterocycles. The fraction of sp³-hybridized carbons (Fsp3) is 0.381. The van der Waals surface area contributed by atoms with Gasteiger partial charge >= 0.3 is 0 Å². The number of carbonyl (C=O) groups is 1. The molecule has 5 heteroatoms. The fourth-order valence-corrected chi connectivity index (χ4v) is 3.51. The van der Waals surface area contributed by atoms with Gasteiger partial charge in [-0.3, -0.25) is 4.79 Å². The third-order valence-corrected chi connectivity index (χ3v) is 4.96. The second-order valence-electron chi connectivity index (χ2n) is 6.41. The van der Waals surface area contributed by atoms with Gasteiger partial charge in [0, 0.05) is 24.7 Å². The summed E-state index contributed by atoms with van der Waals surface area (Å²) >= 11 is 0. The van der Waals surface area contributed by atoms with Gasteiger partial charge in [0.05, 0.1) is 21.3 Å². The molecule has 0 aromatic heterocycles. The Morgan fingerprint density at radius 3 is 2.12 bits per heavy atom. The maximum absolute atomic E-state index is 12.9. The minimum atomic E-state index is 0.0145. The topological polar surface area (TPSA) is 48.0 Å². The Kier molecular flexibility index (Phi) is 5.66. The van der Waals surface area contributed by atoms with Crippen LogP contribution in [0.2, 0.25) is 0 Å². The van der Waals surface area contributed by atoms with Crippen LogP contribution in [0, 0.1) is 0 Å². The maximum Gasteiger partial charge on any atom is 0.254 e. The lowest BCUT2D eigenvalue weighted by atomic mass is 9.88. The maximum atomic E-state index is 12.9. The SMILES string of the molecule is COc1cc(OC)cc(C(=O)N2CCC(c3ccccc3OC)CC2)c1. The first-order valence-electron chi connectivity index (χ1n) is 8.81. The first-order chi connectivity index (χ1) is 12.7. The van der Waals surface area contributed by atoms with E-state index >= 15 is 0 Å². The highest BCUT2D eigenvalue weighted by molar-refractivity contribution is 5.95. The summed E-state index contributed by atoms with van der Waals surface area (Å²) < 4.78 is 16.0.